The van der Waals surface area contributed by atoms with Crippen molar-refractivity contribution in [2.45, 2.75) is 0 Å². The van der Waals surface area contributed by atoms with Crippen LogP contribution in [0.3, 0.4) is 0 Å². The lowest BCUT2D eigenvalue weighted by Crippen LogP contribution is -2.04. The van der Waals surface area contributed by atoms with Gasteiger partial charge in [0.25, 0.3) is 0 Å². The number of aromatic nitrogens is 1. The van der Waals surface area contributed by atoms with Crippen LogP contribution in [0.25, 0.3) is 11.1 Å². The Morgan fingerprint density at radius 1 is 1.36 bits per heavy atom. The molecule has 0 fully saturated rings. The standard InChI is InChI=1S/C10H11NO3/c1-12-5-6-13-8-3-2-4-9-10(8)11-7-14-9/h2-4,7H,5-6H2,1H3. The number of methoxy groups -OCH3 is 1. The van der Waals surface area contributed by atoms with Gasteiger partial charge in [0.05, 0.1) is 6.61 Å². The Hall–Kier alpha value is -1.55. The van der Waals surface area contributed by atoms with E-state index in [1.165, 1.54) is 6.39 Å². The number of nitrogens with zero attached hydrogens (tertiary/aromatic N) is 1. The fraction of sp³-hybridized carbons (Fsp3) is 0.300. The molecule has 74 valence electrons. The van der Waals surface area contributed by atoms with E-state index in [0.29, 0.717) is 13.2 Å². The van der Waals surface area contributed by atoms with Gasteiger partial charge in [0, 0.05) is 7.11 Å². The summed E-state index contributed by atoms with van der Waals surface area (Å²) in [6.45, 7) is 1.08. The van der Waals surface area contributed by atoms with Gasteiger partial charge in [0.15, 0.2) is 17.5 Å². The van der Waals surface area contributed by atoms with E-state index in [2.05, 4.69) is 4.98 Å². The lowest BCUT2D eigenvalue weighted by molar-refractivity contribution is 0.147. The fourth-order valence-corrected chi connectivity index (χ4v) is 1.21. The quantitative estimate of drug-likeness (QED) is 0.695. The van der Waals surface area contributed by atoms with Crippen LogP contribution in [0.5, 0.6) is 5.75 Å². The Morgan fingerprint density at radius 2 is 2.29 bits per heavy atom. The molecule has 0 aliphatic carbocycles. The highest BCUT2D eigenvalue weighted by Gasteiger charge is 2.04. The molecule has 0 saturated heterocycles. The second-order valence-electron chi connectivity index (χ2n) is 2.80. The lowest BCUT2D eigenvalue weighted by Gasteiger charge is -2.04. The molecule has 0 unspecified atom stereocenters. The van der Waals surface area contributed by atoms with Crippen molar-refractivity contribution >= 4 is 11.1 Å². The molecular formula is C10H11NO3. The van der Waals surface area contributed by atoms with Crippen LogP contribution < -0.4 is 4.74 Å². The summed E-state index contributed by atoms with van der Waals surface area (Å²) in [5.41, 5.74) is 1.49. The molecule has 1 aromatic heterocycles. The highest BCUT2D eigenvalue weighted by Crippen LogP contribution is 2.23. The monoisotopic (exact) mass is 193 g/mol. The van der Waals surface area contributed by atoms with Gasteiger partial charge in [-0.3, -0.25) is 0 Å². The minimum atomic E-state index is 0.516. The van der Waals surface area contributed by atoms with Crippen LogP contribution in [-0.2, 0) is 4.74 Å². The zero-order valence-corrected chi connectivity index (χ0v) is 7.90. The number of hydrogen-bond acceptors (Lipinski definition) is 4. The SMILES string of the molecule is COCCOc1cccc2ocnc12. The summed E-state index contributed by atoms with van der Waals surface area (Å²) in [5, 5.41) is 0. The Morgan fingerprint density at radius 3 is 3.14 bits per heavy atom. The number of fused-ring (bicyclic) bond motifs is 1. The topological polar surface area (TPSA) is 44.5 Å². The molecule has 0 radical (unpaired) electrons. The average molecular weight is 193 g/mol. The smallest absolute Gasteiger partial charge is 0.182 e. The first-order chi connectivity index (χ1) is 6.92. The van der Waals surface area contributed by atoms with Crippen LogP contribution in [0.4, 0.5) is 0 Å². The number of ether oxygens (including phenoxy) is 2. The molecule has 0 spiro atoms. The second kappa shape index (κ2) is 4.11. The Labute approximate surface area is 81.4 Å². The van der Waals surface area contributed by atoms with E-state index >= 15 is 0 Å². The maximum absolute atomic E-state index is 5.47. The molecule has 0 aliphatic rings. The Balaban J connectivity index is 2.19. The molecule has 2 aromatic rings. The molecule has 0 aliphatic heterocycles. The highest BCUT2D eigenvalue weighted by atomic mass is 16.5. The van der Waals surface area contributed by atoms with Crippen LogP contribution in [-0.4, -0.2) is 25.3 Å². The fourth-order valence-electron chi connectivity index (χ4n) is 1.21. The molecule has 0 N–H and O–H groups in total. The number of benzene rings is 1. The molecule has 14 heavy (non-hydrogen) atoms. The van der Waals surface area contributed by atoms with Crippen LogP contribution >= 0.6 is 0 Å². The average Bonchev–Trinajstić information content (AvgIpc) is 2.67. The van der Waals surface area contributed by atoms with Gasteiger partial charge in [0.2, 0.25) is 0 Å². The first-order valence-corrected chi connectivity index (χ1v) is 4.36. The zero-order chi connectivity index (χ0) is 9.80. The molecule has 0 bridgehead atoms. The first-order valence-electron chi connectivity index (χ1n) is 4.36. The third kappa shape index (κ3) is 1.70. The van der Waals surface area contributed by atoms with Gasteiger partial charge in [-0.25, -0.2) is 4.98 Å². The van der Waals surface area contributed by atoms with Gasteiger partial charge >= 0.3 is 0 Å². The van der Waals surface area contributed by atoms with Crippen LogP contribution in [0, 0.1) is 0 Å². The number of rotatable bonds is 4. The minimum absolute atomic E-state index is 0.516. The Bertz CT molecular complexity index is 410. The first kappa shape index (κ1) is 9.02. The maximum Gasteiger partial charge on any atom is 0.182 e. The van der Waals surface area contributed by atoms with Crippen LogP contribution in [0.2, 0.25) is 0 Å². The summed E-state index contributed by atoms with van der Waals surface area (Å²) in [5.74, 6) is 0.730. The van der Waals surface area contributed by atoms with Gasteiger partial charge in [0.1, 0.15) is 12.4 Å². The molecule has 1 heterocycles. The Kier molecular flexibility index (Phi) is 2.65. The van der Waals surface area contributed by atoms with E-state index < -0.39 is 0 Å². The van der Waals surface area contributed by atoms with Crippen molar-refractivity contribution in [3.63, 3.8) is 0 Å². The highest BCUT2D eigenvalue weighted by molar-refractivity contribution is 5.79. The van der Waals surface area contributed by atoms with Crippen molar-refractivity contribution in [1.29, 1.82) is 0 Å². The van der Waals surface area contributed by atoms with E-state index in [1.807, 2.05) is 18.2 Å². The summed E-state index contributed by atoms with van der Waals surface area (Å²) in [4.78, 5) is 4.06. The molecule has 1 aromatic carbocycles. The molecule has 4 nitrogen and oxygen atoms in total. The van der Waals surface area contributed by atoms with Crippen LogP contribution in [0.15, 0.2) is 29.0 Å². The normalized spacial score (nSPS) is 10.6. The summed E-state index contributed by atoms with van der Waals surface area (Å²) in [7, 11) is 1.64. The summed E-state index contributed by atoms with van der Waals surface area (Å²) in [6.07, 6.45) is 1.41. The number of para-hydroxylation sites is 1. The van der Waals surface area contributed by atoms with Gasteiger partial charge in [-0.1, -0.05) is 6.07 Å². The van der Waals surface area contributed by atoms with Crippen molar-refractivity contribution < 1.29 is 13.9 Å². The van der Waals surface area contributed by atoms with Crippen molar-refractivity contribution in [2.75, 3.05) is 20.3 Å². The van der Waals surface area contributed by atoms with E-state index in [1.54, 1.807) is 7.11 Å². The van der Waals surface area contributed by atoms with E-state index in [0.717, 1.165) is 16.8 Å². The van der Waals surface area contributed by atoms with E-state index in [-0.39, 0.29) is 0 Å². The summed E-state index contributed by atoms with van der Waals surface area (Å²) >= 11 is 0. The van der Waals surface area contributed by atoms with Gasteiger partial charge in [-0.2, -0.15) is 0 Å². The molecule has 0 amide bonds. The van der Waals surface area contributed by atoms with Gasteiger partial charge in [-0.15, -0.1) is 0 Å². The second-order valence-corrected chi connectivity index (χ2v) is 2.80. The lowest BCUT2D eigenvalue weighted by atomic mass is 10.3. The van der Waals surface area contributed by atoms with Gasteiger partial charge in [-0.05, 0) is 12.1 Å². The minimum Gasteiger partial charge on any atom is -0.489 e. The summed E-state index contributed by atoms with van der Waals surface area (Å²) < 4.78 is 15.5. The van der Waals surface area contributed by atoms with E-state index in [4.69, 9.17) is 13.9 Å². The van der Waals surface area contributed by atoms with Crippen molar-refractivity contribution in [3.05, 3.63) is 24.6 Å². The molecule has 2 rings (SSSR count). The van der Waals surface area contributed by atoms with E-state index in [9.17, 15) is 0 Å². The van der Waals surface area contributed by atoms with Crippen LogP contribution in [0.1, 0.15) is 0 Å². The molecule has 4 heteroatoms. The number of oxazole rings is 1. The molecule has 0 atom stereocenters. The van der Waals surface area contributed by atoms with Crippen molar-refractivity contribution in [3.8, 4) is 5.75 Å². The van der Waals surface area contributed by atoms with Crippen molar-refractivity contribution in [2.24, 2.45) is 0 Å². The summed E-state index contributed by atoms with van der Waals surface area (Å²) in [6, 6.07) is 5.58. The third-order valence-corrected chi connectivity index (χ3v) is 1.87. The molecular weight excluding hydrogens is 182 g/mol. The largest absolute Gasteiger partial charge is 0.489 e. The maximum atomic E-state index is 5.47. The third-order valence-electron chi connectivity index (χ3n) is 1.87. The zero-order valence-electron chi connectivity index (χ0n) is 7.90. The predicted octanol–water partition coefficient (Wildman–Crippen LogP) is 1.85. The van der Waals surface area contributed by atoms with Crippen molar-refractivity contribution in [1.82, 2.24) is 4.98 Å². The molecule has 0 saturated carbocycles. The van der Waals surface area contributed by atoms with Gasteiger partial charge < -0.3 is 13.9 Å². The number of hydrogen-bond donors (Lipinski definition) is 0. The predicted molar refractivity (Wildman–Crippen MR) is 51.4 cm³/mol.